The Hall–Kier alpha value is -3.60. The highest BCUT2D eigenvalue weighted by Gasteiger charge is 2.28. The lowest BCUT2D eigenvalue weighted by Gasteiger charge is -2.36. The van der Waals surface area contributed by atoms with Gasteiger partial charge >= 0.3 is 5.97 Å². The molecule has 3 aromatic carbocycles. The third kappa shape index (κ3) is 6.45. The molecule has 1 aliphatic rings. The van der Waals surface area contributed by atoms with E-state index in [4.69, 9.17) is 21.4 Å². The number of amides is 1. The van der Waals surface area contributed by atoms with Crippen molar-refractivity contribution < 1.29 is 27.9 Å². The van der Waals surface area contributed by atoms with Crippen molar-refractivity contribution in [3.8, 4) is 5.75 Å². The first-order valence-corrected chi connectivity index (χ1v) is 13.8. The summed E-state index contributed by atoms with van der Waals surface area (Å²) in [6.45, 7) is 1.41. The van der Waals surface area contributed by atoms with Gasteiger partial charge in [0, 0.05) is 50.5 Å². The first-order chi connectivity index (χ1) is 18.1. The highest BCUT2D eigenvalue weighted by Crippen LogP contribution is 2.28. The number of anilines is 1. The Labute approximate surface area is 226 Å². The van der Waals surface area contributed by atoms with Crippen LogP contribution in [-0.2, 0) is 21.4 Å². The molecule has 1 amide bonds. The molecule has 0 radical (unpaired) electrons. The van der Waals surface area contributed by atoms with Crippen molar-refractivity contribution in [1.29, 1.82) is 0 Å². The number of hydrogen-bond acceptors (Lipinski definition) is 6. The second kappa shape index (κ2) is 11.8. The summed E-state index contributed by atoms with van der Waals surface area (Å²) in [5.74, 6) is -1.62. The van der Waals surface area contributed by atoms with Gasteiger partial charge in [0.15, 0.2) is 6.61 Å². The van der Waals surface area contributed by atoms with Crippen LogP contribution in [0.3, 0.4) is 0 Å². The van der Waals surface area contributed by atoms with Gasteiger partial charge in [-0.2, -0.15) is 4.31 Å². The van der Waals surface area contributed by atoms with Crippen molar-refractivity contribution in [3.63, 3.8) is 0 Å². The molecule has 9 nitrogen and oxygen atoms in total. The van der Waals surface area contributed by atoms with E-state index in [0.29, 0.717) is 31.2 Å². The molecule has 1 heterocycles. The predicted octanol–water partition coefficient (Wildman–Crippen LogP) is 3.59. The molecule has 0 aromatic heterocycles. The largest absolute Gasteiger partial charge is 0.481 e. The Morgan fingerprint density at radius 2 is 1.63 bits per heavy atom. The van der Waals surface area contributed by atoms with Crippen molar-refractivity contribution in [2.75, 3.05) is 44.7 Å². The van der Waals surface area contributed by atoms with Gasteiger partial charge < -0.3 is 19.6 Å². The van der Waals surface area contributed by atoms with Gasteiger partial charge in [0.25, 0.3) is 5.91 Å². The van der Waals surface area contributed by atoms with Crippen molar-refractivity contribution in [3.05, 3.63) is 88.9 Å². The van der Waals surface area contributed by atoms with Crippen LogP contribution in [0.4, 0.5) is 5.69 Å². The Morgan fingerprint density at radius 1 is 0.974 bits per heavy atom. The molecule has 1 fully saturated rings. The number of piperazine rings is 1. The van der Waals surface area contributed by atoms with Gasteiger partial charge in [-0.25, -0.2) is 13.2 Å². The van der Waals surface area contributed by atoms with E-state index in [1.54, 1.807) is 17.0 Å². The Morgan fingerprint density at radius 3 is 2.26 bits per heavy atom. The van der Waals surface area contributed by atoms with Crippen molar-refractivity contribution in [2.45, 2.75) is 11.4 Å². The third-order valence-corrected chi connectivity index (χ3v) is 8.30. The second-order valence-corrected chi connectivity index (χ2v) is 11.3. The van der Waals surface area contributed by atoms with E-state index in [1.807, 2.05) is 42.5 Å². The van der Waals surface area contributed by atoms with Gasteiger partial charge in [0.05, 0.1) is 10.5 Å². The molecule has 1 aliphatic heterocycles. The highest BCUT2D eigenvalue weighted by atomic mass is 35.5. The van der Waals surface area contributed by atoms with Crippen molar-refractivity contribution in [1.82, 2.24) is 9.21 Å². The maximum atomic E-state index is 13.5. The molecule has 1 N–H and O–H groups in total. The summed E-state index contributed by atoms with van der Waals surface area (Å²) < 4.78 is 33.2. The lowest BCUT2D eigenvalue weighted by molar-refractivity contribution is -0.139. The fourth-order valence-corrected chi connectivity index (χ4v) is 5.51. The number of carbonyl (C=O) groups excluding carboxylic acids is 1. The molecule has 0 saturated carbocycles. The van der Waals surface area contributed by atoms with E-state index in [2.05, 4.69) is 4.90 Å². The smallest absolute Gasteiger partial charge is 0.341 e. The molecular weight excluding hydrogens is 530 g/mol. The number of rotatable bonds is 9. The van der Waals surface area contributed by atoms with Crippen LogP contribution in [-0.4, -0.2) is 74.4 Å². The number of hydrogen-bond donors (Lipinski definition) is 1. The molecule has 0 atom stereocenters. The van der Waals surface area contributed by atoms with Gasteiger partial charge in [-0.3, -0.25) is 4.79 Å². The number of carboxylic acid groups (broad SMARTS) is 1. The topological polar surface area (TPSA) is 107 Å². The zero-order chi connectivity index (χ0) is 27.3. The van der Waals surface area contributed by atoms with Crippen molar-refractivity contribution in [2.24, 2.45) is 0 Å². The maximum absolute atomic E-state index is 13.5. The summed E-state index contributed by atoms with van der Waals surface area (Å²) in [5.41, 5.74) is 1.80. The van der Waals surface area contributed by atoms with Gasteiger partial charge in [-0.1, -0.05) is 41.9 Å². The fourth-order valence-electron chi connectivity index (χ4n) is 4.20. The molecular formula is C27H28ClN3O6S. The van der Waals surface area contributed by atoms with E-state index < -0.39 is 28.5 Å². The van der Waals surface area contributed by atoms with Crippen LogP contribution in [0.2, 0.25) is 5.02 Å². The van der Waals surface area contributed by atoms with E-state index in [9.17, 15) is 18.0 Å². The number of benzene rings is 3. The predicted molar refractivity (Wildman–Crippen MR) is 144 cm³/mol. The van der Waals surface area contributed by atoms with Crippen LogP contribution < -0.4 is 9.64 Å². The summed E-state index contributed by atoms with van der Waals surface area (Å²) in [5, 5.41) is 9.71. The number of carbonyl (C=O) groups is 2. The van der Waals surface area contributed by atoms with Crippen LogP contribution in [0.25, 0.3) is 0 Å². The Balaban J connectivity index is 1.56. The van der Waals surface area contributed by atoms with Gasteiger partial charge in [0.2, 0.25) is 10.0 Å². The molecule has 11 heteroatoms. The molecule has 4 rings (SSSR count). The van der Waals surface area contributed by atoms with E-state index in [-0.39, 0.29) is 22.8 Å². The summed E-state index contributed by atoms with van der Waals surface area (Å²) in [6, 6.07) is 20.5. The lowest BCUT2D eigenvalue weighted by Crippen LogP contribution is -2.48. The van der Waals surface area contributed by atoms with Gasteiger partial charge in [-0.15, -0.1) is 0 Å². The molecule has 0 aliphatic carbocycles. The highest BCUT2D eigenvalue weighted by molar-refractivity contribution is 7.89. The van der Waals surface area contributed by atoms with Crippen LogP contribution in [0.5, 0.6) is 5.75 Å². The molecule has 3 aromatic rings. The first-order valence-electron chi connectivity index (χ1n) is 11.9. The van der Waals surface area contributed by atoms with E-state index >= 15 is 0 Å². The number of sulfonamides is 1. The minimum absolute atomic E-state index is 0.000351. The summed E-state index contributed by atoms with van der Waals surface area (Å²) in [6.07, 6.45) is 0. The quantitative estimate of drug-likeness (QED) is 0.428. The molecule has 0 spiro atoms. The average molecular weight is 558 g/mol. The number of aliphatic carboxylic acids is 1. The van der Waals surface area contributed by atoms with Gasteiger partial charge in [-0.05, 0) is 48.0 Å². The number of carboxylic acids is 1. The zero-order valence-electron chi connectivity index (χ0n) is 20.8. The Kier molecular flexibility index (Phi) is 8.55. The standard InChI is InChI=1S/C27H28ClN3O6S/c1-29(18-20-5-3-2-4-6-20)38(35,36)23-11-12-25(37-19-26(32)33)24(17-23)27(34)31-15-13-30(14-16-31)22-9-7-21(28)8-10-22/h2-12,17H,13-16,18-19H2,1H3,(H,32,33). The van der Waals surface area contributed by atoms with Crippen LogP contribution in [0.1, 0.15) is 15.9 Å². The number of ether oxygens (including phenoxy) is 1. The molecule has 0 unspecified atom stereocenters. The zero-order valence-corrected chi connectivity index (χ0v) is 22.4. The van der Waals surface area contributed by atoms with Crippen LogP contribution in [0, 0.1) is 0 Å². The van der Waals surface area contributed by atoms with Crippen LogP contribution >= 0.6 is 11.6 Å². The molecule has 200 valence electrons. The summed E-state index contributed by atoms with van der Waals surface area (Å²) in [7, 11) is -2.48. The fraction of sp³-hybridized carbons (Fsp3) is 0.259. The normalized spacial score (nSPS) is 14.0. The second-order valence-electron chi connectivity index (χ2n) is 8.84. The lowest BCUT2D eigenvalue weighted by atomic mass is 10.1. The first kappa shape index (κ1) is 27.4. The van der Waals surface area contributed by atoms with Crippen molar-refractivity contribution >= 4 is 39.2 Å². The number of halogens is 1. The monoisotopic (exact) mass is 557 g/mol. The maximum Gasteiger partial charge on any atom is 0.341 e. The molecule has 38 heavy (non-hydrogen) atoms. The van der Waals surface area contributed by atoms with E-state index in [1.165, 1.54) is 29.6 Å². The molecule has 0 bridgehead atoms. The van der Waals surface area contributed by atoms with Crippen LogP contribution in [0.15, 0.2) is 77.7 Å². The number of nitrogens with zero attached hydrogens (tertiary/aromatic N) is 3. The average Bonchev–Trinajstić information content (AvgIpc) is 2.92. The SMILES string of the molecule is CN(Cc1ccccc1)S(=O)(=O)c1ccc(OCC(=O)O)c(C(=O)N2CCN(c3ccc(Cl)cc3)CC2)c1. The Bertz CT molecular complexity index is 1390. The van der Waals surface area contributed by atoms with E-state index in [0.717, 1.165) is 11.3 Å². The van der Waals surface area contributed by atoms with Gasteiger partial charge in [0.1, 0.15) is 5.75 Å². The molecule has 1 saturated heterocycles. The summed E-state index contributed by atoms with van der Waals surface area (Å²) >= 11 is 5.98. The third-order valence-electron chi connectivity index (χ3n) is 6.25. The minimum atomic E-state index is -3.95. The summed E-state index contributed by atoms with van der Waals surface area (Å²) in [4.78, 5) is 28.3. The minimum Gasteiger partial charge on any atom is -0.481 e.